The van der Waals surface area contributed by atoms with Gasteiger partial charge in [0.15, 0.2) is 0 Å². The summed E-state index contributed by atoms with van der Waals surface area (Å²) in [6.45, 7) is 8.74. The van der Waals surface area contributed by atoms with Crippen LogP contribution in [0, 0.1) is 13.8 Å². The number of rotatable bonds is 5. The van der Waals surface area contributed by atoms with Gasteiger partial charge in [-0.2, -0.15) is 0 Å². The number of hydrogen-bond acceptors (Lipinski definition) is 3. The summed E-state index contributed by atoms with van der Waals surface area (Å²) in [5.41, 5.74) is 2.14. The molecule has 1 aromatic heterocycles. The minimum atomic E-state index is 0.167. The van der Waals surface area contributed by atoms with Crippen LogP contribution < -0.4 is 0 Å². The second kappa shape index (κ2) is 6.85. The molecular formula is C17H22N2OS. The maximum absolute atomic E-state index is 12.6. The third-order valence-electron chi connectivity index (χ3n) is 3.45. The predicted molar refractivity (Wildman–Crippen MR) is 87.4 cm³/mol. The summed E-state index contributed by atoms with van der Waals surface area (Å²) in [5.74, 6) is 0.167. The topological polar surface area (TPSA) is 33.2 Å². The molecule has 0 aliphatic rings. The molecule has 0 N–H and O–H groups in total. The lowest BCUT2D eigenvalue weighted by molar-refractivity contribution is -0.132. The van der Waals surface area contributed by atoms with Crippen LogP contribution in [-0.4, -0.2) is 21.8 Å². The summed E-state index contributed by atoms with van der Waals surface area (Å²) in [6.07, 6.45) is 0.447. The number of amides is 1. The highest BCUT2D eigenvalue weighted by atomic mass is 32.1. The van der Waals surface area contributed by atoms with Crippen LogP contribution in [-0.2, 0) is 17.8 Å². The van der Waals surface area contributed by atoms with Crippen molar-refractivity contribution in [3.8, 4) is 0 Å². The number of carbonyl (C=O) groups excluding carboxylic acids is 1. The lowest BCUT2D eigenvalue weighted by Crippen LogP contribution is -2.37. The molecule has 0 unspecified atom stereocenters. The molecule has 4 heteroatoms. The number of benzene rings is 1. The molecule has 0 spiro atoms. The number of aryl methyl sites for hydroxylation is 2. The van der Waals surface area contributed by atoms with E-state index in [1.54, 1.807) is 11.3 Å². The Balaban J connectivity index is 2.11. The number of thiazole rings is 1. The summed E-state index contributed by atoms with van der Waals surface area (Å²) in [4.78, 5) is 20.0. The SMILES string of the molecule is Cc1nc(C)c(CC(=O)N(Cc2ccccc2)C(C)C)s1. The largest absolute Gasteiger partial charge is 0.336 e. The molecule has 0 aliphatic heterocycles. The van der Waals surface area contributed by atoms with Crippen molar-refractivity contribution in [1.82, 2.24) is 9.88 Å². The van der Waals surface area contributed by atoms with Gasteiger partial charge in [-0.05, 0) is 33.3 Å². The van der Waals surface area contributed by atoms with Gasteiger partial charge in [-0.15, -0.1) is 11.3 Å². The lowest BCUT2D eigenvalue weighted by atomic mass is 10.1. The Hall–Kier alpha value is -1.68. The number of hydrogen-bond donors (Lipinski definition) is 0. The van der Waals surface area contributed by atoms with Gasteiger partial charge in [0, 0.05) is 17.5 Å². The maximum Gasteiger partial charge on any atom is 0.228 e. The van der Waals surface area contributed by atoms with E-state index < -0.39 is 0 Å². The summed E-state index contributed by atoms with van der Waals surface area (Å²) in [5, 5.41) is 1.02. The fourth-order valence-corrected chi connectivity index (χ4v) is 3.24. The van der Waals surface area contributed by atoms with Crippen LogP contribution in [0.5, 0.6) is 0 Å². The molecule has 0 bridgehead atoms. The van der Waals surface area contributed by atoms with Gasteiger partial charge in [-0.3, -0.25) is 4.79 Å². The molecule has 1 amide bonds. The first-order chi connectivity index (χ1) is 9.97. The van der Waals surface area contributed by atoms with E-state index in [0.29, 0.717) is 13.0 Å². The van der Waals surface area contributed by atoms with Crippen LogP contribution >= 0.6 is 11.3 Å². The molecule has 2 rings (SSSR count). The molecule has 0 radical (unpaired) electrons. The van der Waals surface area contributed by atoms with E-state index in [0.717, 1.165) is 21.1 Å². The Morgan fingerprint density at radius 1 is 1.24 bits per heavy atom. The van der Waals surface area contributed by atoms with E-state index >= 15 is 0 Å². The van der Waals surface area contributed by atoms with E-state index in [1.807, 2.05) is 36.9 Å². The zero-order valence-electron chi connectivity index (χ0n) is 13.1. The monoisotopic (exact) mass is 302 g/mol. The van der Waals surface area contributed by atoms with E-state index in [4.69, 9.17) is 0 Å². The highest BCUT2D eigenvalue weighted by Gasteiger charge is 2.19. The third kappa shape index (κ3) is 4.14. The highest BCUT2D eigenvalue weighted by Crippen LogP contribution is 2.19. The number of aromatic nitrogens is 1. The third-order valence-corrected chi connectivity index (χ3v) is 4.52. The van der Waals surface area contributed by atoms with Crippen LogP contribution in [0.1, 0.15) is 35.0 Å². The van der Waals surface area contributed by atoms with E-state index in [9.17, 15) is 4.79 Å². The van der Waals surface area contributed by atoms with Crippen molar-refractivity contribution in [3.63, 3.8) is 0 Å². The van der Waals surface area contributed by atoms with Crippen molar-refractivity contribution >= 4 is 17.2 Å². The minimum Gasteiger partial charge on any atom is -0.336 e. The Morgan fingerprint density at radius 3 is 2.43 bits per heavy atom. The molecule has 0 saturated carbocycles. The van der Waals surface area contributed by atoms with Gasteiger partial charge in [0.05, 0.1) is 17.1 Å². The van der Waals surface area contributed by atoms with Crippen LogP contribution in [0.3, 0.4) is 0 Å². The lowest BCUT2D eigenvalue weighted by Gasteiger charge is -2.27. The summed E-state index contributed by atoms with van der Waals surface area (Å²) in [6, 6.07) is 10.3. The Morgan fingerprint density at radius 2 is 1.90 bits per heavy atom. The molecule has 0 saturated heterocycles. The quantitative estimate of drug-likeness (QED) is 0.843. The van der Waals surface area contributed by atoms with Crippen molar-refractivity contribution in [2.24, 2.45) is 0 Å². The molecular weight excluding hydrogens is 280 g/mol. The Bertz CT molecular complexity index is 605. The highest BCUT2D eigenvalue weighted by molar-refractivity contribution is 7.11. The number of carbonyl (C=O) groups is 1. The molecule has 2 aromatic rings. The average molecular weight is 302 g/mol. The van der Waals surface area contributed by atoms with Gasteiger partial charge in [-0.25, -0.2) is 4.98 Å². The molecule has 0 fully saturated rings. The van der Waals surface area contributed by atoms with Crippen LogP contribution in [0.2, 0.25) is 0 Å². The summed E-state index contributed by atoms with van der Waals surface area (Å²) >= 11 is 1.62. The first-order valence-corrected chi connectivity index (χ1v) is 8.05. The van der Waals surface area contributed by atoms with Crippen molar-refractivity contribution in [2.45, 2.75) is 46.7 Å². The standard InChI is InChI=1S/C17H22N2OS/c1-12(2)19(11-15-8-6-5-7-9-15)17(20)10-16-13(3)18-14(4)21-16/h5-9,12H,10-11H2,1-4H3. The predicted octanol–water partition coefficient (Wildman–Crippen LogP) is 3.74. The van der Waals surface area contributed by atoms with Crippen molar-refractivity contribution in [3.05, 3.63) is 51.5 Å². The van der Waals surface area contributed by atoms with E-state index in [2.05, 4.69) is 31.0 Å². The molecule has 1 aromatic carbocycles. The summed E-state index contributed by atoms with van der Waals surface area (Å²) in [7, 11) is 0. The van der Waals surface area contributed by atoms with Crippen LogP contribution in [0.25, 0.3) is 0 Å². The van der Waals surface area contributed by atoms with Gasteiger partial charge in [0.1, 0.15) is 0 Å². The van der Waals surface area contributed by atoms with Gasteiger partial charge >= 0.3 is 0 Å². The fourth-order valence-electron chi connectivity index (χ4n) is 2.32. The molecule has 21 heavy (non-hydrogen) atoms. The van der Waals surface area contributed by atoms with Gasteiger partial charge in [0.25, 0.3) is 0 Å². The van der Waals surface area contributed by atoms with Crippen molar-refractivity contribution in [1.29, 1.82) is 0 Å². The van der Waals surface area contributed by atoms with Gasteiger partial charge in [-0.1, -0.05) is 30.3 Å². The minimum absolute atomic E-state index is 0.167. The Kier molecular flexibility index (Phi) is 5.12. The zero-order chi connectivity index (χ0) is 15.4. The number of nitrogens with zero attached hydrogens (tertiary/aromatic N) is 2. The Labute approximate surface area is 130 Å². The second-order valence-corrected chi connectivity index (χ2v) is 6.81. The molecule has 0 aliphatic carbocycles. The molecule has 112 valence electrons. The normalized spacial score (nSPS) is 10.9. The van der Waals surface area contributed by atoms with Crippen LogP contribution in [0.15, 0.2) is 30.3 Å². The molecule has 1 heterocycles. The van der Waals surface area contributed by atoms with E-state index in [-0.39, 0.29) is 11.9 Å². The molecule has 3 nitrogen and oxygen atoms in total. The average Bonchev–Trinajstić information content (AvgIpc) is 2.75. The maximum atomic E-state index is 12.6. The second-order valence-electron chi connectivity index (χ2n) is 5.52. The van der Waals surface area contributed by atoms with Crippen molar-refractivity contribution in [2.75, 3.05) is 0 Å². The smallest absolute Gasteiger partial charge is 0.228 e. The van der Waals surface area contributed by atoms with E-state index in [1.165, 1.54) is 0 Å². The first-order valence-electron chi connectivity index (χ1n) is 7.23. The molecule has 0 atom stereocenters. The van der Waals surface area contributed by atoms with Crippen LogP contribution in [0.4, 0.5) is 0 Å². The zero-order valence-corrected chi connectivity index (χ0v) is 13.9. The summed E-state index contributed by atoms with van der Waals surface area (Å²) < 4.78 is 0. The van der Waals surface area contributed by atoms with Crippen molar-refractivity contribution < 1.29 is 4.79 Å². The van der Waals surface area contributed by atoms with Gasteiger partial charge in [0.2, 0.25) is 5.91 Å². The van der Waals surface area contributed by atoms with Gasteiger partial charge < -0.3 is 4.90 Å². The first kappa shape index (κ1) is 15.7. The fraction of sp³-hybridized carbons (Fsp3) is 0.412.